The van der Waals surface area contributed by atoms with Crippen molar-refractivity contribution in [3.8, 4) is 5.75 Å². The molecule has 0 aromatic heterocycles. The van der Waals surface area contributed by atoms with Gasteiger partial charge in [0.1, 0.15) is 5.75 Å². The van der Waals surface area contributed by atoms with E-state index >= 15 is 0 Å². The van der Waals surface area contributed by atoms with Gasteiger partial charge < -0.3 is 4.74 Å². The molecule has 0 saturated carbocycles. The summed E-state index contributed by atoms with van der Waals surface area (Å²) in [5.74, 6) is 1.58. The highest BCUT2D eigenvalue weighted by Gasteiger charge is 2.02. The van der Waals surface area contributed by atoms with Gasteiger partial charge >= 0.3 is 0 Å². The normalized spacial score (nSPS) is 12.6. The number of benzene rings is 1. The van der Waals surface area contributed by atoms with Crippen molar-refractivity contribution in [2.45, 2.75) is 26.2 Å². The van der Waals surface area contributed by atoms with Gasteiger partial charge in [-0.05, 0) is 30.0 Å². The van der Waals surface area contributed by atoms with E-state index in [1.807, 2.05) is 12.1 Å². The minimum absolute atomic E-state index is 0.625. The molecular formula is C11H16O. The number of methoxy groups -OCH3 is 1. The molecule has 0 N–H and O–H groups in total. The molecule has 1 atom stereocenters. The first-order chi connectivity index (χ1) is 5.77. The Balaban J connectivity index is 2.86. The van der Waals surface area contributed by atoms with Crippen molar-refractivity contribution in [1.29, 1.82) is 0 Å². The van der Waals surface area contributed by atoms with E-state index < -0.39 is 0 Å². The van der Waals surface area contributed by atoms with E-state index in [1.54, 1.807) is 7.11 Å². The van der Waals surface area contributed by atoms with Crippen molar-refractivity contribution < 1.29 is 4.74 Å². The van der Waals surface area contributed by atoms with Crippen LogP contribution < -0.4 is 4.74 Å². The maximum atomic E-state index is 5.15. The van der Waals surface area contributed by atoms with Crippen LogP contribution in [-0.4, -0.2) is 7.11 Å². The molecular weight excluding hydrogens is 148 g/mol. The van der Waals surface area contributed by atoms with Gasteiger partial charge in [0.2, 0.25) is 0 Å². The zero-order valence-electron chi connectivity index (χ0n) is 8.00. The summed E-state index contributed by atoms with van der Waals surface area (Å²) in [4.78, 5) is 0. The Morgan fingerprint density at radius 2 is 2.17 bits per heavy atom. The topological polar surface area (TPSA) is 9.23 Å². The third-order valence-electron chi connectivity index (χ3n) is 2.28. The Labute approximate surface area is 74.4 Å². The van der Waals surface area contributed by atoms with Gasteiger partial charge in [-0.3, -0.25) is 0 Å². The molecule has 0 aliphatic heterocycles. The van der Waals surface area contributed by atoms with Crippen LogP contribution >= 0.6 is 0 Å². The van der Waals surface area contributed by atoms with Crippen LogP contribution in [0.3, 0.4) is 0 Å². The highest BCUT2D eigenvalue weighted by atomic mass is 16.5. The SMILES string of the molecule is CC[C@@H](C)c1cccc(OC)c1. The standard InChI is InChI=1S/C11H16O/c1-4-9(2)10-6-5-7-11(8-10)12-3/h5-9H,4H2,1-3H3/t9-/m1/s1. The fourth-order valence-electron chi connectivity index (χ4n) is 1.18. The molecule has 1 heteroatoms. The van der Waals surface area contributed by atoms with Crippen LogP contribution in [0.2, 0.25) is 0 Å². The first-order valence-corrected chi connectivity index (χ1v) is 4.42. The molecule has 66 valence electrons. The predicted molar refractivity (Wildman–Crippen MR) is 51.7 cm³/mol. The van der Waals surface area contributed by atoms with Crippen molar-refractivity contribution in [1.82, 2.24) is 0 Å². The summed E-state index contributed by atoms with van der Waals surface area (Å²) in [6.07, 6.45) is 1.17. The third kappa shape index (κ3) is 2.00. The van der Waals surface area contributed by atoms with Crippen LogP contribution in [0.5, 0.6) is 5.75 Å². The predicted octanol–water partition coefficient (Wildman–Crippen LogP) is 3.21. The van der Waals surface area contributed by atoms with Crippen LogP contribution in [0.4, 0.5) is 0 Å². The molecule has 1 aromatic carbocycles. The van der Waals surface area contributed by atoms with Crippen LogP contribution in [0.1, 0.15) is 31.7 Å². The second-order valence-electron chi connectivity index (χ2n) is 3.09. The number of rotatable bonds is 3. The largest absolute Gasteiger partial charge is 0.497 e. The molecule has 0 saturated heterocycles. The second kappa shape index (κ2) is 4.15. The van der Waals surface area contributed by atoms with Gasteiger partial charge in [-0.25, -0.2) is 0 Å². The maximum absolute atomic E-state index is 5.15. The van der Waals surface area contributed by atoms with Crippen molar-refractivity contribution in [3.63, 3.8) is 0 Å². The molecule has 0 heterocycles. The Hall–Kier alpha value is -0.980. The first kappa shape index (κ1) is 9.11. The zero-order chi connectivity index (χ0) is 8.97. The maximum Gasteiger partial charge on any atom is 0.119 e. The summed E-state index contributed by atoms with van der Waals surface area (Å²) in [5, 5.41) is 0. The third-order valence-corrected chi connectivity index (χ3v) is 2.28. The van der Waals surface area contributed by atoms with E-state index in [2.05, 4.69) is 26.0 Å². The fourth-order valence-corrected chi connectivity index (χ4v) is 1.18. The molecule has 0 aliphatic carbocycles. The molecule has 0 bridgehead atoms. The summed E-state index contributed by atoms with van der Waals surface area (Å²) in [6, 6.07) is 8.27. The second-order valence-corrected chi connectivity index (χ2v) is 3.09. The monoisotopic (exact) mass is 164 g/mol. The number of hydrogen-bond donors (Lipinski definition) is 0. The molecule has 0 radical (unpaired) electrons. The van der Waals surface area contributed by atoms with E-state index in [0.29, 0.717) is 5.92 Å². The van der Waals surface area contributed by atoms with Gasteiger partial charge in [-0.15, -0.1) is 0 Å². The van der Waals surface area contributed by atoms with E-state index in [1.165, 1.54) is 12.0 Å². The quantitative estimate of drug-likeness (QED) is 0.666. The summed E-state index contributed by atoms with van der Waals surface area (Å²) in [6.45, 7) is 4.43. The molecule has 1 rings (SSSR count). The Morgan fingerprint density at radius 1 is 1.42 bits per heavy atom. The molecule has 0 spiro atoms. The van der Waals surface area contributed by atoms with Gasteiger partial charge in [0, 0.05) is 0 Å². The molecule has 0 amide bonds. The summed E-state index contributed by atoms with van der Waals surface area (Å²) >= 11 is 0. The minimum Gasteiger partial charge on any atom is -0.497 e. The average molecular weight is 164 g/mol. The van der Waals surface area contributed by atoms with Crippen LogP contribution in [-0.2, 0) is 0 Å². The zero-order valence-corrected chi connectivity index (χ0v) is 8.00. The molecule has 12 heavy (non-hydrogen) atoms. The van der Waals surface area contributed by atoms with E-state index in [0.717, 1.165) is 5.75 Å². The molecule has 0 fully saturated rings. The summed E-state index contributed by atoms with van der Waals surface area (Å²) in [5.41, 5.74) is 1.36. The lowest BCUT2D eigenvalue weighted by Gasteiger charge is -2.09. The van der Waals surface area contributed by atoms with Crippen molar-refractivity contribution in [2.24, 2.45) is 0 Å². The molecule has 0 unspecified atom stereocenters. The molecule has 1 aromatic rings. The number of ether oxygens (including phenoxy) is 1. The Bertz CT molecular complexity index is 243. The summed E-state index contributed by atoms with van der Waals surface area (Å²) < 4.78 is 5.15. The van der Waals surface area contributed by atoms with Crippen LogP contribution in [0, 0.1) is 0 Å². The Morgan fingerprint density at radius 3 is 2.75 bits per heavy atom. The van der Waals surface area contributed by atoms with Gasteiger partial charge in [-0.1, -0.05) is 26.0 Å². The lowest BCUT2D eigenvalue weighted by molar-refractivity contribution is 0.414. The van der Waals surface area contributed by atoms with Gasteiger partial charge in [0.05, 0.1) is 7.11 Å². The Kier molecular flexibility index (Phi) is 3.15. The highest BCUT2D eigenvalue weighted by molar-refractivity contribution is 5.30. The minimum atomic E-state index is 0.625. The van der Waals surface area contributed by atoms with Crippen molar-refractivity contribution in [2.75, 3.05) is 7.11 Å². The highest BCUT2D eigenvalue weighted by Crippen LogP contribution is 2.22. The van der Waals surface area contributed by atoms with Crippen LogP contribution in [0.15, 0.2) is 24.3 Å². The van der Waals surface area contributed by atoms with Crippen molar-refractivity contribution >= 4 is 0 Å². The smallest absolute Gasteiger partial charge is 0.119 e. The number of hydrogen-bond acceptors (Lipinski definition) is 1. The van der Waals surface area contributed by atoms with Crippen molar-refractivity contribution in [3.05, 3.63) is 29.8 Å². The molecule has 0 aliphatic rings. The van der Waals surface area contributed by atoms with E-state index in [9.17, 15) is 0 Å². The van der Waals surface area contributed by atoms with Gasteiger partial charge in [0.15, 0.2) is 0 Å². The van der Waals surface area contributed by atoms with Gasteiger partial charge in [-0.2, -0.15) is 0 Å². The fraction of sp³-hybridized carbons (Fsp3) is 0.455. The van der Waals surface area contributed by atoms with E-state index in [4.69, 9.17) is 4.74 Å². The lowest BCUT2D eigenvalue weighted by atomic mass is 9.99. The average Bonchev–Trinajstić information content (AvgIpc) is 2.17. The lowest BCUT2D eigenvalue weighted by Crippen LogP contribution is -1.91. The molecule has 1 nitrogen and oxygen atoms in total. The summed E-state index contributed by atoms with van der Waals surface area (Å²) in [7, 11) is 1.70. The van der Waals surface area contributed by atoms with E-state index in [-0.39, 0.29) is 0 Å². The van der Waals surface area contributed by atoms with Crippen LogP contribution in [0.25, 0.3) is 0 Å². The van der Waals surface area contributed by atoms with Gasteiger partial charge in [0.25, 0.3) is 0 Å². The first-order valence-electron chi connectivity index (χ1n) is 4.42.